The van der Waals surface area contributed by atoms with E-state index in [-0.39, 0.29) is 11.8 Å². The van der Waals surface area contributed by atoms with Gasteiger partial charge in [-0.05, 0) is 38.0 Å². The molecule has 3 nitrogen and oxygen atoms in total. The molecule has 18 heavy (non-hydrogen) atoms. The smallest absolute Gasteiger partial charge is 0.224 e. The van der Waals surface area contributed by atoms with Crippen LogP contribution in [0.15, 0.2) is 0 Å². The molecule has 1 rings (SSSR count). The van der Waals surface area contributed by atoms with E-state index in [1.54, 1.807) is 0 Å². The van der Waals surface area contributed by atoms with E-state index in [0.717, 1.165) is 6.42 Å². The van der Waals surface area contributed by atoms with Crippen molar-refractivity contribution in [3.05, 3.63) is 0 Å². The summed E-state index contributed by atoms with van der Waals surface area (Å²) in [5.74, 6) is 1.33. The molecule has 0 saturated heterocycles. The predicted molar refractivity (Wildman–Crippen MR) is 76.2 cm³/mol. The van der Waals surface area contributed by atoms with Crippen LogP contribution in [0, 0.1) is 17.8 Å². The summed E-state index contributed by atoms with van der Waals surface area (Å²) < 4.78 is 0. The van der Waals surface area contributed by atoms with Crippen molar-refractivity contribution in [1.82, 2.24) is 5.32 Å². The lowest BCUT2D eigenvalue weighted by Crippen LogP contribution is -2.44. The molecule has 2 atom stereocenters. The zero-order valence-corrected chi connectivity index (χ0v) is 12.2. The average molecular weight is 254 g/mol. The number of hydrogen-bond acceptors (Lipinski definition) is 2. The van der Waals surface area contributed by atoms with Crippen LogP contribution in [-0.4, -0.2) is 18.5 Å². The Balaban J connectivity index is 2.41. The summed E-state index contributed by atoms with van der Waals surface area (Å²) in [4.78, 5) is 12.2. The van der Waals surface area contributed by atoms with Crippen LogP contribution in [0.25, 0.3) is 0 Å². The normalized spacial score (nSPS) is 20.7. The highest BCUT2D eigenvalue weighted by molar-refractivity contribution is 5.79. The van der Waals surface area contributed by atoms with E-state index < -0.39 is 0 Å². The van der Waals surface area contributed by atoms with Gasteiger partial charge in [0.15, 0.2) is 0 Å². The minimum absolute atomic E-state index is 0.0176. The van der Waals surface area contributed by atoms with Crippen molar-refractivity contribution in [2.24, 2.45) is 23.5 Å². The number of nitrogens with one attached hydrogen (secondary N) is 1. The lowest BCUT2D eigenvalue weighted by Gasteiger charge is -2.29. The fraction of sp³-hybridized carbons (Fsp3) is 0.933. The van der Waals surface area contributed by atoms with Gasteiger partial charge in [-0.3, -0.25) is 4.79 Å². The first-order chi connectivity index (χ1) is 8.54. The molecule has 0 radical (unpaired) electrons. The second-order valence-electron chi connectivity index (χ2n) is 6.26. The molecule has 0 bridgehead atoms. The molecular weight excluding hydrogens is 224 g/mol. The Bertz CT molecular complexity index is 247. The van der Waals surface area contributed by atoms with Gasteiger partial charge in [0.25, 0.3) is 0 Å². The molecule has 1 unspecified atom stereocenters. The summed E-state index contributed by atoms with van der Waals surface area (Å²) >= 11 is 0. The van der Waals surface area contributed by atoms with Crippen LogP contribution in [0.2, 0.25) is 0 Å². The van der Waals surface area contributed by atoms with Crippen LogP contribution in [0.4, 0.5) is 0 Å². The lowest BCUT2D eigenvalue weighted by atomic mass is 9.84. The zero-order chi connectivity index (χ0) is 13.5. The SMILES string of the molecule is CC(C)CC(CN)C(=O)N[C@H](C)C1CCCCC1. The first kappa shape index (κ1) is 15.5. The number of hydrogen-bond donors (Lipinski definition) is 2. The van der Waals surface area contributed by atoms with Gasteiger partial charge < -0.3 is 11.1 Å². The van der Waals surface area contributed by atoms with Crippen molar-refractivity contribution in [3.63, 3.8) is 0 Å². The van der Waals surface area contributed by atoms with Crippen molar-refractivity contribution in [2.45, 2.75) is 65.3 Å². The first-order valence-electron chi connectivity index (χ1n) is 7.55. The number of carbonyl (C=O) groups excluding carboxylic acids is 1. The average Bonchev–Trinajstić information content (AvgIpc) is 2.36. The Morgan fingerprint density at radius 1 is 1.22 bits per heavy atom. The maximum atomic E-state index is 12.2. The van der Waals surface area contributed by atoms with Gasteiger partial charge in [-0.2, -0.15) is 0 Å². The minimum Gasteiger partial charge on any atom is -0.353 e. The first-order valence-corrected chi connectivity index (χ1v) is 7.55. The Morgan fingerprint density at radius 2 is 1.83 bits per heavy atom. The molecule has 1 aliphatic carbocycles. The van der Waals surface area contributed by atoms with Crippen molar-refractivity contribution >= 4 is 5.91 Å². The van der Waals surface area contributed by atoms with Crippen LogP contribution in [-0.2, 0) is 4.79 Å². The summed E-state index contributed by atoms with van der Waals surface area (Å²) in [6.45, 7) is 6.89. The van der Waals surface area contributed by atoms with Gasteiger partial charge in [0, 0.05) is 12.6 Å². The fourth-order valence-electron chi connectivity index (χ4n) is 2.97. The molecule has 3 heteroatoms. The van der Waals surface area contributed by atoms with E-state index in [4.69, 9.17) is 5.73 Å². The predicted octanol–water partition coefficient (Wildman–Crippen LogP) is 2.69. The van der Waals surface area contributed by atoms with Gasteiger partial charge in [0.2, 0.25) is 5.91 Å². The van der Waals surface area contributed by atoms with Gasteiger partial charge in [-0.25, -0.2) is 0 Å². The summed E-state index contributed by atoms with van der Waals surface area (Å²) in [5.41, 5.74) is 5.72. The molecule has 0 spiro atoms. The minimum atomic E-state index is -0.0176. The second kappa shape index (κ2) is 7.78. The van der Waals surface area contributed by atoms with Crippen molar-refractivity contribution in [1.29, 1.82) is 0 Å². The largest absolute Gasteiger partial charge is 0.353 e. The Kier molecular flexibility index (Phi) is 6.69. The van der Waals surface area contributed by atoms with E-state index in [9.17, 15) is 4.79 Å². The van der Waals surface area contributed by atoms with Gasteiger partial charge in [0.1, 0.15) is 0 Å². The van der Waals surface area contributed by atoms with E-state index in [0.29, 0.717) is 24.4 Å². The highest BCUT2D eigenvalue weighted by atomic mass is 16.1. The quantitative estimate of drug-likeness (QED) is 0.765. The lowest BCUT2D eigenvalue weighted by molar-refractivity contribution is -0.126. The molecule has 0 aromatic rings. The molecule has 1 amide bonds. The van der Waals surface area contributed by atoms with Crippen LogP contribution in [0.5, 0.6) is 0 Å². The third kappa shape index (κ3) is 4.97. The molecule has 1 saturated carbocycles. The Hall–Kier alpha value is -0.570. The van der Waals surface area contributed by atoms with Crippen LogP contribution >= 0.6 is 0 Å². The Morgan fingerprint density at radius 3 is 2.33 bits per heavy atom. The molecule has 0 aliphatic heterocycles. The number of amides is 1. The molecule has 1 aliphatic rings. The van der Waals surface area contributed by atoms with Gasteiger partial charge >= 0.3 is 0 Å². The fourth-order valence-corrected chi connectivity index (χ4v) is 2.97. The summed E-state index contributed by atoms with van der Waals surface area (Å²) in [6, 6.07) is 0.305. The third-order valence-electron chi connectivity index (χ3n) is 4.14. The molecule has 3 N–H and O–H groups in total. The maximum Gasteiger partial charge on any atom is 0.224 e. The molecular formula is C15H30N2O. The van der Waals surface area contributed by atoms with Crippen LogP contribution in [0.1, 0.15) is 59.3 Å². The van der Waals surface area contributed by atoms with Gasteiger partial charge in [-0.15, -0.1) is 0 Å². The maximum absolute atomic E-state index is 12.2. The molecule has 106 valence electrons. The van der Waals surface area contributed by atoms with E-state index >= 15 is 0 Å². The van der Waals surface area contributed by atoms with Gasteiger partial charge in [-0.1, -0.05) is 33.1 Å². The van der Waals surface area contributed by atoms with E-state index in [1.807, 2.05) is 0 Å². The Labute approximate surface area is 112 Å². The zero-order valence-electron chi connectivity index (χ0n) is 12.2. The summed E-state index contributed by atoms with van der Waals surface area (Å²) in [5, 5.41) is 3.19. The second-order valence-corrected chi connectivity index (χ2v) is 6.26. The van der Waals surface area contributed by atoms with E-state index in [2.05, 4.69) is 26.1 Å². The van der Waals surface area contributed by atoms with E-state index in [1.165, 1.54) is 32.1 Å². The highest BCUT2D eigenvalue weighted by Gasteiger charge is 2.24. The summed E-state index contributed by atoms with van der Waals surface area (Å²) in [6.07, 6.45) is 7.40. The molecule has 0 aromatic carbocycles. The van der Waals surface area contributed by atoms with Crippen molar-refractivity contribution in [2.75, 3.05) is 6.54 Å². The topological polar surface area (TPSA) is 55.1 Å². The molecule has 0 heterocycles. The molecule has 1 fully saturated rings. The standard InChI is InChI=1S/C15H30N2O/c1-11(2)9-14(10-16)15(18)17-12(3)13-7-5-4-6-8-13/h11-14H,4-10,16H2,1-3H3,(H,17,18)/t12-,14?/m1/s1. The summed E-state index contributed by atoms with van der Waals surface area (Å²) in [7, 11) is 0. The van der Waals surface area contributed by atoms with Crippen LogP contribution in [0.3, 0.4) is 0 Å². The van der Waals surface area contributed by atoms with Crippen molar-refractivity contribution < 1.29 is 4.79 Å². The van der Waals surface area contributed by atoms with Crippen molar-refractivity contribution in [3.8, 4) is 0 Å². The number of nitrogens with two attached hydrogens (primary N) is 1. The number of rotatable bonds is 6. The highest BCUT2D eigenvalue weighted by Crippen LogP contribution is 2.26. The van der Waals surface area contributed by atoms with Crippen LogP contribution < -0.4 is 11.1 Å². The number of carbonyl (C=O) groups is 1. The molecule has 0 aromatic heterocycles. The third-order valence-corrected chi connectivity index (χ3v) is 4.14. The van der Waals surface area contributed by atoms with Gasteiger partial charge in [0.05, 0.1) is 5.92 Å². The monoisotopic (exact) mass is 254 g/mol.